The van der Waals surface area contributed by atoms with Crippen LogP contribution in [-0.4, -0.2) is 31.0 Å². The first-order chi connectivity index (χ1) is 11.9. The summed E-state index contributed by atoms with van der Waals surface area (Å²) in [5, 5.41) is 13.5. The minimum Gasteiger partial charge on any atom is -0.493 e. The van der Waals surface area contributed by atoms with Crippen molar-refractivity contribution in [2.24, 2.45) is 5.10 Å². The molecule has 0 radical (unpaired) electrons. The Kier molecular flexibility index (Phi) is 6.41. The van der Waals surface area contributed by atoms with Gasteiger partial charge in [0.05, 0.1) is 32.0 Å². The number of benzene rings is 2. The van der Waals surface area contributed by atoms with Crippen molar-refractivity contribution >= 4 is 33.3 Å². The number of rotatable bonds is 7. The van der Waals surface area contributed by atoms with Gasteiger partial charge in [-0.1, -0.05) is 15.9 Å². The molecule has 2 N–H and O–H groups in total. The predicted octanol–water partition coefficient (Wildman–Crippen LogP) is 3.93. The summed E-state index contributed by atoms with van der Waals surface area (Å²) in [6, 6.07) is 11.0. The third kappa shape index (κ3) is 4.96. The van der Waals surface area contributed by atoms with Crippen LogP contribution in [0.2, 0.25) is 0 Å². The second-order valence-electron chi connectivity index (χ2n) is 5.25. The lowest BCUT2D eigenvalue weighted by Gasteiger charge is -2.14. The van der Waals surface area contributed by atoms with Gasteiger partial charge in [-0.3, -0.25) is 10.2 Å². The fraction of sp³-hybridized carbons (Fsp3) is 0.222. The molecule has 0 aliphatic carbocycles. The molecule has 0 aliphatic rings. The van der Waals surface area contributed by atoms with E-state index in [-0.39, 0.29) is 6.42 Å². The fourth-order valence-electron chi connectivity index (χ4n) is 2.30. The highest BCUT2D eigenvalue weighted by Crippen LogP contribution is 2.31. The minimum atomic E-state index is -0.929. The van der Waals surface area contributed by atoms with E-state index in [1.54, 1.807) is 19.1 Å². The Bertz CT molecular complexity index is 788. The van der Waals surface area contributed by atoms with Gasteiger partial charge in [-0.05, 0) is 48.9 Å². The molecular formula is C18H19BrN2O4. The van der Waals surface area contributed by atoms with E-state index in [0.29, 0.717) is 28.3 Å². The van der Waals surface area contributed by atoms with Crippen molar-refractivity contribution in [3.05, 3.63) is 52.0 Å². The van der Waals surface area contributed by atoms with Crippen molar-refractivity contribution in [3.8, 4) is 11.5 Å². The van der Waals surface area contributed by atoms with Gasteiger partial charge in [0.2, 0.25) is 0 Å². The smallest absolute Gasteiger partial charge is 0.307 e. The first-order valence-electron chi connectivity index (χ1n) is 7.47. The van der Waals surface area contributed by atoms with E-state index in [4.69, 9.17) is 14.6 Å². The van der Waals surface area contributed by atoms with E-state index in [2.05, 4.69) is 26.5 Å². The maximum atomic E-state index is 11.2. The van der Waals surface area contributed by atoms with Gasteiger partial charge in [-0.2, -0.15) is 5.10 Å². The summed E-state index contributed by atoms with van der Waals surface area (Å²) in [5.41, 5.74) is 5.71. The normalized spacial score (nSPS) is 11.1. The van der Waals surface area contributed by atoms with Crippen LogP contribution < -0.4 is 14.9 Å². The van der Waals surface area contributed by atoms with Crippen LogP contribution in [-0.2, 0) is 11.2 Å². The van der Waals surface area contributed by atoms with Crippen molar-refractivity contribution in [1.29, 1.82) is 0 Å². The van der Waals surface area contributed by atoms with Gasteiger partial charge in [0.25, 0.3) is 0 Å². The maximum Gasteiger partial charge on any atom is 0.307 e. The molecule has 2 rings (SSSR count). The molecule has 25 heavy (non-hydrogen) atoms. The molecule has 0 fully saturated rings. The maximum absolute atomic E-state index is 11.2. The molecule has 0 heterocycles. The van der Waals surface area contributed by atoms with Gasteiger partial charge in [-0.25, -0.2) is 0 Å². The molecule has 0 amide bonds. The monoisotopic (exact) mass is 406 g/mol. The standard InChI is InChI=1S/C18H19BrN2O4/c1-11(20-21-14-6-4-13(19)5-7-14)15-10-17(25-3)16(24-2)8-12(15)9-18(22)23/h4-8,10,21H,9H2,1-3H3,(H,22,23)/b20-11+. The number of hydrogen-bond donors (Lipinski definition) is 2. The van der Waals surface area contributed by atoms with Crippen LogP contribution in [0.5, 0.6) is 11.5 Å². The summed E-state index contributed by atoms with van der Waals surface area (Å²) >= 11 is 3.38. The Hall–Kier alpha value is -2.54. The first kappa shape index (κ1) is 18.8. The SMILES string of the molecule is COc1cc(CC(=O)O)c(/C(C)=N/Nc2ccc(Br)cc2)cc1OC. The predicted molar refractivity (Wildman–Crippen MR) is 101 cm³/mol. The highest BCUT2D eigenvalue weighted by Gasteiger charge is 2.15. The number of carboxylic acids is 1. The molecule has 0 spiro atoms. The zero-order chi connectivity index (χ0) is 18.4. The molecule has 132 valence electrons. The van der Waals surface area contributed by atoms with Crippen LogP contribution in [0.25, 0.3) is 0 Å². The lowest BCUT2D eigenvalue weighted by atomic mass is 10.00. The number of methoxy groups -OCH3 is 2. The summed E-state index contributed by atoms with van der Waals surface area (Å²) in [4.78, 5) is 11.2. The number of halogens is 1. The fourth-order valence-corrected chi connectivity index (χ4v) is 2.56. The van der Waals surface area contributed by atoms with Crippen molar-refractivity contribution in [2.75, 3.05) is 19.6 Å². The number of ether oxygens (including phenoxy) is 2. The molecule has 2 aromatic carbocycles. The van der Waals surface area contributed by atoms with Crippen LogP contribution >= 0.6 is 15.9 Å². The number of hydrazone groups is 1. The number of carboxylic acid groups (broad SMARTS) is 1. The topological polar surface area (TPSA) is 80.2 Å². The highest BCUT2D eigenvalue weighted by atomic mass is 79.9. The summed E-state index contributed by atoms with van der Waals surface area (Å²) in [6.07, 6.45) is -0.138. The molecule has 0 saturated carbocycles. The van der Waals surface area contributed by atoms with Crippen LogP contribution in [0.4, 0.5) is 5.69 Å². The van der Waals surface area contributed by atoms with Crippen LogP contribution in [0, 0.1) is 0 Å². The van der Waals surface area contributed by atoms with Gasteiger partial charge < -0.3 is 14.6 Å². The van der Waals surface area contributed by atoms with Crippen LogP contribution in [0.3, 0.4) is 0 Å². The molecule has 6 nitrogen and oxygen atoms in total. The number of hydrogen-bond acceptors (Lipinski definition) is 5. The molecule has 0 unspecified atom stereocenters. The summed E-state index contributed by atoms with van der Waals surface area (Å²) < 4.78 is 11.5. The largest absolute Gasteiger partial charge is 0.493 e. The zero-order valence-electron chi connectivity index (χ0n) is 14.2. The lowest BCUT2D eigenvalue weighted by Crippen LogP contribution is -2.09. The second-order valence-corrected chi connectivity index (χ2v) is 6.17. The lowest BCUT2D eigenvalue weighted by molar-refractivity contribution is -0.136. The molecule has 0 aromatic heterocycles. The Morgan fingerprint density at radius 1 is 1.16 bits per heavy atom. The van der Waals surface area contributed by atoms with Crippen molar-refractivity contribution < 1.29 is 19.4 Å². The van der Waals surface area contributed by atoms with E-state index >= 15 is 0 Å². The third-order valence-corrected chi connectivity index (χ3v) is 4.07. The van der Waals surface area contributed by atoms with Crippen LogP contribution in [0.1, 0.15) is 18.1 Å². The van der Waals surface area contributed by atoms with Gasteiger partial charge in [-0.15, -0.1) is 0 Å². The Morgan fingerprint density at radius 2 is 1.76 bits per heavy atom. The molecular weight excluding hydrogens is 388 g/mol. The van der Waals surface area contributed by atoms with Gasteiger partial charge in [0.15, 0.2) is 11.5 Å². The number of nitrogens with one attached hydrogen (secondary N) is 1. The van der Waals surface area contributed by atoms with Gasteiger partial charge >= 0.3 is 5.97 Å². The molecule has 0 saturated heterocycles. The van der Waals surface area contributed by atoms with Crippen molar-refractivity contribution in [1.82, 2.24) is 0 Å². The van der Waals surface area contributed by atoms with Gasteiger partial charge in [0, 0.05) is 10.0 Å². The van der Waals surface area contributed by atoms with Crippen LogP contribution in [0.15, 0.2) is 46.0 Å². The average molecular weight is 407 g/mol. The second kappa shape index (κ2) is 8.53. The van der Waals surface area contributed by atoms with Crippen molar-refractivity contribution in [3.63, 3.8) is 0 Å². The Balaban J connectivity index is 2.38. The molecule has 7 heteroatoms. The quantitative estimate of drug-likeness (QED) is 0.537. The minimum absolute atomic E-state index is 0.138. The Labute approximate surface area is 154 Å². The summed E-state index contributed by atoms with van der Waals surface area (Å²) in [7, 11) is 3.04. The van der Waals surface area contributed by atoms with E-state index in [1.807, 2.05) is 24.3 Å². The average Bonchev–Trinajstić information content (AvgIpc) is 2.60. The van der Waals surface area contributed by atoms with E-state index in [1.165, 1.54) is 14.2 Å². The van der Waals surface area contributed by atoms with E-state index in [0.717, 1.165) is 10.2 Å². The van der Waals surface area contributed by atoms with E-state index in [9.17, 15) is 4.79 Å². The number of anilines is 1. The molecule has 0 atom stereocenters. The van der Waals surface area contributed by atoms with Crippen molar-refractivity contribution in [2.45, 2.75) is 13.3 Å². The number of carbonyl (C=O) groups is 1. The number of aliphatic carboxylic acids is 1. The number of nitrogens with zero attached hydrogens (tertiary/aromatic N) is 1. The molecule has 0 aliphatic heterocycles. The van der Waals surface area contributed by atoms with Gasteiger partial charge in [0.1, 0.15) is 0 Å². The van der Waals surface area contributed by atoms with E-state index < -0.39 is 5.97 Å². The Morgan fingerprint density at radius 3 is 2.32 bits per heavy atom. The zero-order valence-corrected chi connectivity index (χ0v) is 15.8. The third-order valence-electron chi connectivity index (χ3n) is 3.54. The summed E-state index contributed by atoms with van der Waals surface area (Å²) in [6.45, 7) is 1.80. The molecule has 0 bridgehead atoms. The first-order valence-corrected chi connectivity index (χ1v) is 8.26. The molecule has 2 aromatic rings. The summed E-state index contributed by atoms with van der Waals surface area (Å²) in [5.74, 6) is 0.0723. The highest BCUT2D eigenvalue weighted by molar-refractivity contribution is 9.10.